The molecule has 2 bridgehead atoms. The highest BCUT2D eigenvalue weighted by molar-refractivity contribution is 5.85. The van der Waals surface area contributed by atoms with Crippen LogP contribution in [0.5, 0.6) is 0 Å². The normalized spacial score (nSPS) is 27.0. The van der Waals surface area contributed by atoms with E-state index in [-0.39, 0.29) is 0 Å². The average molecular weight is 311 g/mol. The molecule has 124 valence electrons. The molecule has 3 fully saturated rings. The van der Waals surface area contributed by atoms with Crippen LogP contribution < -0.4 is 5.32 Å². The van der Waals surface area contributed by atoms with Crippen molar-refractivity contribution in [2.45, 2.75) is 31.6 Å². The van der Waals surface area contributed by atoms with E-state index in [1.807, 2.05) is 0 Å². The van der Waals surface area contributed by atoms with Crippen molar-refractivity contribution in [2.75, 3.05) is 33.2 Å². The molecule has 1 atom stereocenters. The van der Waals surface area contributed by atoms with Crippen LogP contribution >= 0.6 is 0 Å². The maximum absolute atomic E-state index is 3.30. The Kier molecular flexibility index (Phi) is 4.16. The van der Waals surface area contributed by atoms with Crippen LogP contribution in [-0.4, -0.2) is 42.7 Å². The summed E-state index contributed by atoms with van der Waals surface area (Å²) < 4.78 is 2.51. The molecule has 3 saturated heterocycles. The van der Waals surface area contributed by atoms with Crippen LogP contribution in [-0.2, 0) is 13.5 Å². The zero-order valence-electron chi connectivity index (χ0n) is 14.5. The second-order valence-corrected chi connectivity index (χ2v) is 7.39. The van der Waals surface area contributed by atoms with Gasteiger partial charge in [-0.3, -0.25) is 0 Å². The van der Waals surface area contributed by atoms with Gasteiger partial charge in [0.2, 0.25) is 0 Å². The molecule has 23 heavy (non-hydrogen) atoms. The van der Waals surface area contributed by atoms with Gasteiger partial charge in [-0.05, 0) is 69.9 Å². The van der Waals surface area contributed by atoms with Gasteiger partial charge in [0.25, 0.3) is 0 Å². The molecular formula is C20H29N3. The Morgan fingerprint density at radius 3 is 2.65 bits per heavy atom. The van der Waals surface area contributed by atoms with E-state index in [2.05, 4.69) is 53.1 Å². The Bertz CT molecular complexity index is 679. The first kappa shape index (κ1) is 15.2. The van der Waals surface area contributed by atoms with E-state index in [9.17, 15) is 0 Å². The molecule has 2 aromatic rings. The smallest absolute Gasteiger partial charge is 0.0482 e. The van der Waals surface area contributed by atoms with Crippen molar-refractivity contribution in [1.82, 2.24) is 14.8 Å². The summed E-state index contributed by atoms with van der Waals surface area (Å²) in [5, 5.41) is 4.79. The van der Waals surface area contributed by atoms with Crippen LogP contribution in [0.1, 0.15) is 36.4 Å². The van der Waals surface area contributed by atoms with Crippen LogP contribution in [0.4, 0.5) is 0 Å². The monoisotopic (exact) mass is 311 g/mol. The quantitative estimate of drug-likeness (QED) is 0.856. The molecule has 3 nitrogen and oxygen atoms in total. The van der Waals surface area contributed by atoms with Crippen molar-refractivity contribution in [3.8, 4) is 0 Å². The molecule has 3 aliphatic rings. The first-order valence-electron chi connectivity index (χ1n) is 9.22. The molecule has 4 heterocycles. The van der Waals surface area contributed by atoms with Gasteiger partial charge in [0.1, 0.15) is 0 Å². The Balaban J connectivity index is 1.77. The van der Waals surface area contributed by atoms with Gasteiger partial charge < -0.3 is 14.8 Å². The summed E-state index contributed by atoms with van der Waals surface area (Å²) in [4.78, 5) is 2.68. The number of nitrogens with one attached hydrogen (secondary N) is 1. The van der Waals surface area contributed by atoms with E-state index in [0.29, 0.717) is 0 Å². The van der Waals surface area contributed by atoms with E-state index in [4.69, 9.17) is 0 Å². The minimum Gasteiger partial charge on any atom is -0.347 e. The van der Waals surface area contributed by atoms with Gasteiger partial charge in [0.05, 0.1) is 0 Å². The number of nitrogens with zero attached hydrogens (tertiary/aromatic N) is 2. The standard InChI is InChI=1S/C20H29N3/c1-21-11-5-7-17-16-6-3-4-8-19(16)22(2)20(17)18-14-23-12-9-15(18)10-13-23/h3-4,6,8,15,18,21H,5,7,9-14H2,1-2H3. The first-order chi connectivity index (χ1) is 11.3. The summed E-state index contributed by atoms with van der Waals surface area (Å²) in [5.74, 6) is 1.63. The van der Waals surface area contributed by atoms with Crippen molar-refractivity contribution in [3.63, 3.8) is 0 Å². The lowest BCUT2D eigenvalue weighted by atomic mass is 9.76. The van der Waals surface area contributed by atoms with Crippen LogP contribution in [0.25, 0.3) is 10.9 Å². The number of aryl methyl sites for hydroxylation is 2. The predicted molar refractivity (Wildman–Crippen MR) is 97.1 cm³/mol. The molecule has 0 spiro atoms. The summed E-state index contributed by atoms with van der Waals surface area (Å²) in [6.45, 7) is 5.01. The summed E-state index contributed by atoms with van der Waals surface area (Å²) >= 11 is 0. The van der Waals surface area contributed by atoms with Crippen LogP contribution in [0.3, 0.4) is 0 Å². The fourth-order valence-electron chi connectivity index (χ4n) is 4.94. The number of piperidine rings is 3. The number of hydrogen-bond donors (Lipinski definition) is 1. The van der Waals surface area contributed by atoms with Crippen molar-refractivity contribution in [2.24, 2.45) is 13.0 Å². The Morgan fingerprint density at radius 1 is 1.17 bits per heavy atom. The van der Waals surface area contributed by atoms with Crippen molar-refractivity contribution in [1.29, 1.82) is 0 Å². The molecule has 0 aliphatic carbocycles. The maximum Gasteiger partial charge on any atom is 0.0482 e. The lowest BCUT2D eigenvalue weighted by Gasteiger charge is -2.45. The summed E-state index contributed by atoms with van der Waals surface area (Å²) in [6.07, 6.45) is 5.20. The Morgan fingerprint density at radius 2 is 1.96 bits per heavy atom. The van der Waals surface area contributed by atoms with Gasteiger partial charge in [-0.15, -0.1) is 0 Å². The summed E-state index contributed by atoms with van der Waals surface area (Å²) in [7, 11) is 4.34. The Hall–Kier alpha value is -1.32. The van der Waals surface area contributed by atoms with Crippen molar-refractivity contribution < 1.29 is 0 Å². The molecule has 3 aliphatic heterocycles. The van der Waals surface area contributed by atoms with Crippen molar-refractivity contribution >= 4 is 10.9 Å². The number of hydrogen-bond acceptors (Lipinski definition) is 2. The van der Waals surface area contributed by atoms with Crippen molar-refractivity contribution in [3.05, 3.63) is 35.5 Å². The van der Waals surface area contributed by atoms with E-state index < -0.39 is 0 Å². The number of aromatic nitrogens is 1. The van der Waals surface area contributed by atoms with Gasteiger partial charge >= 0.3 is 0 Å². The van der Waals surface area contributed by atoms with E-state index in [1.54, 1.807) is 11.3 Å². The molecule has 5 rings (SSSR count). The topological polar surface area (TPSA) is 20.2 Å². The largest absolute Gasteiger partial charge is 0.347 e. The fraction of sp³-hybridized carbons (Fsp3) is 0.600. The predicted octanol–water partition coefficient (Wildman–Crippen LogP) is 3.14. The van der Waals surface area contributed by atoms with Gasteiger partial charge in [-0.1, -0.05) is 18.2 Å². The second kappa shape index (κ2) is 6.29. The third-order valence-corrected chi connectivity index (χ3v) is 6.12. The summed E-state index contributed by atoms with van der Waals surface area (Å²) in [6, 6.07) is 9.00. The molecule has 0 saturated carbocycles. The minimum absolute atomic E-state index is 0.736. The van der Waals surface area contributed by atoms with E-state index >= 15 is 0 Å². The molecule has 0 amide bonds. The zero-order chi connectivity index (χ0) is 15.8. The molecule has 0 radical (unpaired) electrons. The highest BCUT2D eigenvalue weighted by Crippen LogP contribution is 2.42. The maximum atomic E-state index is 3.30. The first-order valence-corrected chi connectivity index (χ1v) is 9.22. The molecule has 1 aromatic carbocycles. The molecule has 1 aromatic heterocycles. The SMILES string of the molecule is CNCCCc1c(C2CN3CCC2CC3)n(C)c2ccccc12. The van der Waals surface area contributed by atoms with E-state index in [1.165, 1.54) is 56.2 Å². The number of fused-ring (bicyclic) bond motifs is 4. The van der Waals surface area contributed by atoms with Crippen LogP contribution in [0.2, 0.25) is 0 Å². The van der Waals surface area contributed by atoms with Crippen LogP contribution in [0, 0.1) is 5.92 Å². The highest BCUT2D eigenvalue weighted by atomic mass is 15.2. The van der Waals surface area contributed by atoms with Gasteiger partial charge in [-0.2, -0.15) is 0 Å². The minimum atomic E-state index is 0.736. The molecule has 3 heteroatoms. The molecule has 1 N–H and O–H groups in total. The molecule has 1 unspecified atom stereocenters. The van der Waals surface area contributed by atoms with Gasteiger partial charge in [0.15, 0.2) is 0 Å². The second-order valence-electron chi connectivity index (χ2n) is 7.39. The summed E-state index contributed by atoms with van der Waals surface area (Å²) in [5.41, 5.74) is 4.67. The van der Waals surface area contributed by atoms with E-state index in [0.717, 1.165) is 18.4 Å². The lowest BCUT2D eigenvalue weighted by molar-refractivity contribution is 0.0841. The lowest BCUT2D eigenvalue weighted by Crippen LogP contribution is -2.46. The van der Waals surface area contributed by atoms with Gasteiger partial charge in [0, 0.05) is 36.1 Å². The van der Waals surface area contributed by atoms with Crippen LogP contribution in [0.15, 0.2) is 24.3 Å². The Labute approximate surface area is 139 Å². The average Bonchev–Trinajstić information content (AvgIpc) is 2.89. The fourth-order valence-corrected chi connectivity index (χ4v) is 4.94. The zero-order valence-corrected chi connectivity index (χ0v) is 14.5. The number of para-hydroxylation sites is 1. The third kappa shape index (κ3) is 2.60. The molecular weight excluding hydrogens is 282 g/mol. The number of benzene rings is 1. The third-order valence-electron chi connectivity index (χ3n) is 6.12. The van der Waals surface area contributed by atoms with Gasteiger partial charge in [-0.25, -0.2) is 0 Å². The highest BCUT2D eigenvalue weighted by Gasteiger charge is 2.37. The number of rotatable bonds is 5.